The number of benzene rings is 2. The van der Waals surface area contributed by atoms with Gasteiger partial charge in [-0.15, -0.1) is 0 Å². The van der Waals surface area contributed by atoms with Gasteiger partial charge in [0.05, 0.1) is 24.2 Å². The molecule has 0 fully saturated rings. The normalized spacial score (nSPS) is 11.1. The van der Waals surface area contributed by atoms with Crippen molar-refractivity contribution < 1.29 is 9.47 Å². The zero-order valence-electron chi connectivity index (χ0n) is 11.2. The third-order valence-corrected chi connectivity index (χ3v) is 3.16. The Morgan fingerprint density at radius 2 is 1.26 bits per heavy atom. The van der Waals surface area contributed by atoms with Gasteiger partial charge < -0.3 is 14.5 Å². The highest BCUT2D eigenvalue weighted by atomic mass is 16.5. The van der Waals surface area contributed by atoms with Gasteiger partial charge in [0, 0.05) is 22.9 Å². The molecule has 1 N–H and O–H groups in total. The number of ether oxygens (including phenoxy) is 2. The van der Waals surface area contributed by atoms with E-state index in [0.29, 0.717) is 13.2 Å². The Balaban J connectivity index is 2.14. The lowest BCUT2D eigenvalue weighted by Crippen LogP contribution is -1.90. The third kappa shape index (κ3) is 2.12. The fraction of sp³-hybridized carbons (Fsp3) is 0.250. The van der Waals surface area contributed by atoms with Crippen LogP contribution in [-0.2, 0) is 0 Å². The quantitative estimate of drug-likeness (QED) is 0.761. The van der Waals surface area contributed by atoms with Crippen molar-refractivity contribution in [2.45, 2.75) is 13.8 Å². The number of aromatic nitrogens is 1. The molecule has 19 heavy (non-hydrogen) atoms. The topological polar surface area (TPSA) is 34.2 Å². The molecule has 0 spiro atoms. The van der Waals surface area contributed by atoms with Crippen LogP contribution in [0.1, 0.15) is 13.8 Å². The molecule has 0 saturated carbocycles. The Morgan fingerprint density at radius 1 is 0.789 bits per heavy atom. The lowest BCUT2D eigenvalue weighted by atomic mass is 10.1. The van der Waals surface area contributed by atoms with Crippen LogP contribution in [0.15, 0.2) is 36.4 Å². The summed E-state index contributed by atoms with van der Waals surface area (Å²) in [5.74, 6) is 1.79. The summed E-state index contributed by atoms with van der Waals surface area (Å²) in [6.45, 7) is 5.34. The number of nitrogens with one attached hydrogen (secondary N) is 1. The van der Waals surface area contributed by atoms with Crippen molar-refractivity contribution >= 4 is 21.8 Å². The SMILES string of the molecule is CCOc1ccc2c(c1)[nH]c1cc(OCC)ccc12. The van der Waals surface area contributed by atoms with Gasteiger partial charge >= 0.3 is 0 Å². The number of hydrogen-bond acceptors (Lipinski definition) is 2. The van der Waals surface area contributed by atoms with Crippen molar-refractivity contribution in [3.05, 3.63) is 36.4 Å². The van der Waals surface area contributed by atoms with E-state index in [1.807, 2.05) is 38.1 Å². The minimum Gasteiger partial charge on any atom is -0.494 e. The molecule has 1 heterocycles. The van der Waals surface area contributed by atoms with Gasteiger partial charge in [-0.1, -0.05) is 0 Å². The molecule has 1 aromatic heterocycles. The molecule has 0 aliphatic rings. The molecule has 0 atom stereocenters. The van der Waals surface area contributed by atoms with Crippen LogP contribution >= 0.6 is 0 Å². The van der Waals surface area contributed by atoms with Crippen molar-refractivity contribution in [1.82, 2.24) is 4.98 Å². The summed E-state index contributed by atoms with van der Waals surface area (Å²) in [7, 11) is 0. The van der Waals surface area contributed by atoms with E-state index in [2.05, 4.69) is 17.1 Å². The summed E-state index contributed by atoms with van der Waals surface area (Å²) in [4.78, 5) is 3.42. The molecular formula is C16H17NO2. The van der Waals surface area contributed by atoms with E-state index in [1.54, 1.807) is 0 Å². The summed E-state index contributed by atoms with van der Waals surface area (Å²) in [6.07, 6.45) is 0. The highest BCUT2D eigenvalue weighted by Gasteiger charge is 2.06. The summed E-state index contributed by atoms with van der Waals surface area (Å²) in [6, 6.07) is 12.3. The Labute approximate surface area is 112 Å². The first-order valence-electron chi connectivity index (χ1n) is 6.63. The van der Waals surface area contributed by atoms with E-state index in [-0.39, 0.29) is 0 Å². The number of H-pyrrole nitrogens is 1. The van der Waals surface area contributed by atoms with Crippen molar-refractivity contribution in [3.8, 4) is 11.5 Å². The minimum atomic E-state index is 0.681. The minimum absolute atomic E-state index is 0.681. The molecule has 3 aromatic rings. The Kier molecular flexibility index (Phi) is 3.03. The first kappa shape index (κ1) is 11.9. The number of aromatic amines is 1. The Bertz CT molecular complexity index is 655. The lowest BCUT2D eigenvalue weighted by molar-refractivity contribution is 0.340. The van der Waals surface area contributed by atoms with Gasteiger partial charge in [-0.2, -0.15) is 0 Å². The fourth-order valence-electron chi connectivity index (χ4n) is 2.38. The molecule has 3 rings (SSSR count). The van der Waals surface area contributed by atoms with E-state index in [0.717, 1.165) is 22.5 Å². The molecular weight excluding hydrogens is 238 g/mol. The van der Waals surface area contributed by atoms with Crippen LogP contribution in [0.5, 0.6) is 11.5 Å². The first-order valence-corrected chi connectivity index (χ1v) is 6.63. The second-order valence-corrected chi connectivity index (χ2v) is 4.41. The van der Waals surface area contributed by atoms with Crippen LogP contribution in [-0.4, -0.2) is 18.2 Å². The van der Waals surface area contributed by atoms with Crippen LogP contribution < -0.4 is 9.47 Å². The molecule has 0 amide bonds. The van der Waals surface area contributed by atoms with Gasteiger partial charge in [0.2, 0.25) is 0 Å². The second kappa shape index (κ2) is 4.84. The Hall–Kier alpha value is -2.16. The maximum absolute atomic E-state index is 5.53. The summed E-state index contributed by atoms with van der Waals surface area (Å²) in [5.41, 5.74) is 2.18. The molecule has 0 radical (unpaired) electrons. The predicted molar refractivity (Wildman–Crippen MR) is 78.1 cm³/mol. The van der Waals surface area contributed by atoms with Crippen molar-refractivity contribution in [2.24, 2.45) is 0 Å². The van der Waals surface area contributed by atoms with Crippen LogP contribution in [0.25, 0.3) is 21.8 Å². The van der Waals surface area contributed by atoms with Gasteiger partial charge in [-0.3, -0.25) is 0 Å². The van der Waals surface area contributed by atoms with E-state index in [9.17, 15) is 0 Å². The first-order chi connectivity index (χ1) is 9.31. The van der Waals surface area contributed by atoms with Crippen molar-refractivity contribution in [3.63, 3.8) is 0 Å². The monoisotopic (exact) mass is 255 g/mol. The van der Waals surface area contributed by atoms with E-state index in [4.69, 9.17) is 9.47 Å². The lowest BCUT2D eigenvalue weighted by Gasteiger charge is -2.02. The maximum atomic E-state index is 5.53. The smallest absolute Gasteiger partial charge is 0.121 e. The third-order valence-electron chi connectivity index (χ3n) is 3.16. The average molecular weight is 255 g/mol. The summed E-state index contributed by atoms with van der Waals surface area (Å²) < 4.78 is 11.1. The van der Waals surface area contributed by atoms with Crippen LogP contribution in [0.4, 0.5) is 0 Å². The van der Waals surface area contributed by atoms with E-state index in [1.165, 1.54) is 10.8 Å². The van der Waals surface area contributed by atoms with Gasteiger partial charge in [-0.05, 0) is 38.1 Å². The maximum Gasteiger partial charge on any atom is 0.121 e. The molecule has 0 unspecified atom stereocenters. The van der Waals surface area contributed by atoms with E-state index >= 15 is 0 Å². The molecule has 0 aliphatic carbocycles. The number of fused-ring (bicyclic) bond motifs is 3. The zero-order chi connectivity index (χ0) is 13.2. The standard InChI is InChI=1S/C16H17NO2/c1-3-18-11-5-7-13-14-8-6-12(19-4-2)10-16(14)17-15(13)9-11/h5-10,17H,3-4H2,1-2H3. The van der Waals surface area contributed by atoms with Gasteiger partial charge in [0.1, 0.15) is 11.5 Å². The van der Waals surface area contributed by atoms with Crippen molar-refractivity contribution in [1.29, 1.82) is 0 Å². The molecule has 3 heteroatoms. The van der Waals surface area contributed by atoms with E-state index < -0.39 is 0 Å². The average Bonchev–Trinajstić information content (AvgIpc) is 2.76. The zero-order valence-corrected chi connectivity index (χ0v) is 11.2. The molecule has 2 aromatic carbocycles. The predicted octanol–water partition coefficient (Wildman–Crippen LogP) is 4.12. The van der Waals surface area contributed by atoms with Gasteiger partial charge in [0.15, 0.2) is 0 Å². The molecule has 0 saturated heterocycles. The van der Waals surface area contributed by atoms with Crippen LogP contribution in [0.3, 0.4) is 0 Å². The highest BCUT2D eigenvalue weighted by Crippen LogP contribution is 2.30. The molecule has 0 aliphatic heterocycles. The largest absolute Gasteiger partial charge is 0.494 e. The second-order valence-electron chi connectivity index (χ2n) is 4.41. The van der Waals surface area contributed by atoms with Crippen LogP contribution in [0, 0.1) is 0 Å². The van der Waals surface area contributed by atoms with Crippen molar-refractivity contribution in [2.75, 3.05) is 13.2 Å². The van der Waals surface area contributed by atoms with Gasteiger partial charge in [-0.25, -0.2) is 0 Å². The number of rotatable bonds is 4. The summed E-state index contributed by atoms with van der Waals surface area (Å²) >= 11 is 0. The Morgan fingerprint density at radius 3 is 1.68 bits per heavy atom. The highest BCUT2D eigenvalue weighted by molar-refractivity contribution is 6.07. The summed E-state index contributed by atoms with van der Waals surface area (Å²) in [5, 5.41) is 2.42. The van der Waals surface area contributed by atoms with Crippen LogP contribution in [0.2, 0.25) is 0 Å². The fourth-order valence-corrected chi connectivity index (χ4v) is 2.38. The molecule has 98 valence electrons. The van der Waals surface area contributed by atoms with Gasteiger partial charge in [0.25, 0.3) is 0 Å². The molecule has 3 nitrogen and oxygen atoms in total. The number of hydrogen-bond donors (Lipinski definition) is 1. The molecule has 0 bridgehead atoms.